The predicted molar refractivity (Wildman–Crippen MR) is 71.4 cm³/mol. The van der Waals surface area contributed by atoms with Crippen LogP contribution in [0.25, 0.3) is 0 Å². The van der Waals surface area contributed by atoms with Crippen molar-refractivity contribution in [2.24, 2.45) is 0 Å². The molecule has 0 heterocycles. The standard InChI is InChI=1S/C15H14FNO2/c1-10(18)11-4-8-14(9-5-11)17-15(19)12-2-6-13(16)7-3-12/h2-10,18H,1H3,(H,17,19). The van der Waals surface area contributed by atoms with E-state index in [9.17, 15) is 14.3 Å². The number of benzene rings is 2. The van der Waals surface area contributed by atoms with Gasteiger partial charge in [0.15, 0.2) is 0 Å². The Kier molecular flexibility index (Phi) is 3.92. The van der Waals surface area contributed by atoms with Gasteiger partial charge in [-0.15, -0.1) is 0 Å². The van der Waals surface area contributed by atoms with Gasteiger partial charge in [-0.25, -0.2) is 4.39 Å². The molecule has 2 aromatic rings. The topological polar surface area (TPSA) is 49.3 Å². The molecule has 0 aromatic heterocycles. The zero-order valence-corrected chi connectivity index (χ0v) is 10.4. The highest BCUT2D eigenvalue weighted by molar-refractivity contribution is 6.04. The molecule has 0 spiro atoms. The summed E-state index contributed by atoms with van der Waals surface area (Å²) in [7, 11) is 0. The molecular formula is C15H14FNO2. The summed E-state index contributed by atoms with van der Waals surface area (Å²) < 4.78 is 12.7. The third-order valence-corrected chi connectivity index (χ3v) is 2.76. The van der Waals surface area contributed by atoms with Crippen LogP contribution in [0.2, 0.25) is 0 Å². The van der Waals surface area contributed by atoms with Gasteiger partial charge in [-0.3, -0.25) is 4.79 Å². The van der Waals surface area contributed by atoms with E-state index in [2.05, 4.69) is 5.32 Å². The van der Waals surface area contributed by atoms with Crippen molar-refractivity contribution < 1.29 is 14.3 Å². The Bertz CT molecular complexity index is 562. The van der Waals surface area contributed by atoms with Crippen LogP contribution in [0, 0.1) is 5.82 Å². The summed E-state index contributed by atoms with van der Waals surface area (Å²) >= 11 is 0. The maximum atomic E-state index is 12.7. The number of hydrogen-bond acceptors (Lipinski definition) is 2. The van der Waals surface area contributed by atoms with Gasteiger partial charge in [0.25, 0.3) is 5.91 Å². The van der Waals surface area contributed by atoms with Crippen LogP contribution in [0.1, 0.15) is 28.9 Å². The molecule has 0 saturated heterocycles. The number of amides is 1. The zero-order chi connectivity index (χ0) is 13.8. The zero-order valence-electron chi connectivity index (χ0n) is 10.4. The molecule has 0 bridgehead atoms. The van der Waals surface area contributed by atoms with Crippen molar-refractivity contribution >= 4 is 11.6 Å². The third kappa shape index (κ3) is 3.39. The molecule has 0 saturated carbocycles. The predicted octanol–water partition coefficient (Wildman–Crippen LogP) is 3.13. The van der Waals surface area contributed by atoms with Crippen molar-refractivity contribution in [3.05, 3.63) is 65.5 Å². The van der Waals surface area contributed by atoms with E-state index in [1.165, 1.54) is 24.3 Å². The van der Waals surface area contributed by atoms with Gasteiger partial charge >= 0.3 is 0 Å². The van der Waals surface area contributed by atoms with E-state index in [0.29, 0.717) is 11.3 Å². The number of rotatable bonds is 3. The minimum Gasteiger partial charge on any atom is -0.389 e. The minimum atomic E-state index is -0.540. The average Bonchev–Trinajstić information content (AvgIpc) is 2.40. The number of nitrogens with one attached hydrogen (secondary N) is 1. The first-order chi connectivity index (χ1) is 9.06. The Morgan fingerprint density at radius 2 is 1.68 bits per heavy atom. The van der Waals surface area contributed by atoms with E-state index >= 15 is 0 Å². The number of hydrogen-bond donors (Lipinski definition) is 2. The second-order valence-electron chi connectivity index (χ2n) is 4.26. The van der Waals surface area contributed by atoms with Gasteiger partial charge in [0.05, 0.1) is 6.10 Å². The molecule has 98 valence electrons. The van der Waals surface area contributed by atoms with Crippen LogP contribution in [0.5, 0.6) is 0 Å². The van der Waals surface area contributed by atoms with E-state index < -0.39 is 6.10 Å². The molecule has 0 aliphatic heterocycles. The number of carbonyl (C=O) groups excluding carboxylic acids is 1. The lowest BCUT2D eigenvalue weighted by atomic mass is 10.1. The second kappa shape index (κ2) is 5.63. The first-order valence-corrected chi connectivity index (χ1v) is 5.91. The van der Waals surface area contributed by atoms with Crippen LogP contribution in [0.4, 0.5) is 10.1 Å². The van der Waals surface area contributed by atoms with Crippen molar-refractivity contribution in [1.29, 1.82) is 0 Å². The van der Waals surface area contributed by atoms with Gasteiger partial charge in [-0.2, -0.15) is 0 Å². The molecule has 1 atom stereocenters. The summed E-state index contributed by atoms with van der Waals surface area (Å²) in [6, 6.07) is 12.2. The Labute approximate surface area is 110 Å². The maximum absolute atomic E-state index is 12.7. The molecule has 1 unspecified atom stereocenters. The van der Waals surface area contributed by atoms with Crippen LogP contribution < -0.4 is 5.32 Å². The number of aliphatic hydroxyl groups excluding tert-OH is 1. The molecule has 0 aliphatic rings. The van der Waals surface area contributed by atoms with Crippen molar-refractivity contribution in [2.45, 2.75) is 13.0 Å². The van der Waals surface area contributed by atoms with Gasteiger partial charge < -0.3 is 10.4 Å². The van der Waals surface area contributed by atoms with Gasteiger partial charge in [-0.05, 0) is 48.9 Å². The van der Waals surface area contributed by atoms with Crippen LogP contribution in [0.3, 0.4) is 0 Å². The average molecular weight is 259 g/mol. The first-order valence-electron chi connectivity index (χ1n) is 5.91. The quantitative estimate of drug-likeness (QED) is 0.889. The molecule has 2 aromatic carbocycles. The number of halogens is 1. The molecule has 4 heteroatoms. The van der Waals surface area contributed by atoms with Gasteiger partial charge in [0.1, 0.15) is 5.82 Å². The molecule has 0 fully saturated rings. The van der Waals surface area contributed by atoms with Crippen LogP contribution in [-0.4, -0.2) is 11.0 Å². The number of carbonyl (C=O) groups is 1. The van der Waals surface area contributed by atoms with E-state index in [-0.39, 0.29) is 11.7 Å². The maximum Gasteiger partial charge on any atom is 0.255 e. The lowest BCUT2D eigenvalue weighted by Crippen LogP contribution is -2.11. The summed E-state index contributed by atoms with van der Waals surface area (Å²) in [6.45, 7) is 1.67. The number of aliphatic hydroxyl groups is 1. The number of anilines is 1. The van der Waals surface area contributed by atoms with E-state index in [4.69, 9.17) is 0 Å². The lowest BCUT2D eigenvalue weighted by Gasteiger charge is -2.08. The third-order valence-electron chi connectivity index (χ3n) is 2.76. The molecule has 3 nitrogen and oxygen atoms in total. The Morgan fingerprint density at radius 3 is 2.21 bits per heavy atom. The van der Waals surface area contributed by atoms with Gasteiger partial charge in [0.2, 0.25) is 0 Å². The van der Waals surface area contributed by atoms with Crippen molar-refractivity contribution in [1.82, 2.24) is 0 Å². The molecule has 2 N–H and O–H groups in total. The summed E-state index contributed by atoms with van der Waals surface area (Å²) in [4.78, 5) is 11.9. The normalized spacial score (nSPS) is 11.9. The largest absolute Gasteiger partial charge is 0.389 e. The van der Waals surface area contributed by atoms with Crippen molar-refractivity contribution in [3.8, 4) is 0 Å². The van der Waals surface area contributed by atoms with E-state index in [1.54, 1.807) is 31.2 Å². The second-order valence-corrected chi connectivity index (χ2v) is 4.26. The Balaban J connectivity index is 2.08. The highest BCUT2D eigenvalue weighted by atomic mass is 19.1. The molecule has 1 amide bonds. The first kappa shape index (κ1) is 13.2. The molecular weight excluding hydrogens is 245 g/mol. The fourth-order valence-electron chi connectivity index (χ4n) is 1.65. The van der Waals surface area contributed by atoms with E-state index in [1.807, 2.05) is 0 Å². The van der Waals surface area contributed by atoms with Gasteiger partial charge in [0, 0.05) is 11.3 Å². The fraction of sp³-hybridized carbons (Fsp3) is 0.133. The minimum absolute atomic E-state index is 0.301. The van der Waals surface area contributed by atoms with Crippen LogP contribution >= 0.6 is 0 Å². The SMILES string of the molecule is CC(O)c1ccc(NC(=O)c2ccc(F)cc2)cc1. The summed E-state index contributed by atoms with van der Waals surface area (Å²) in [5, 5.41) is 12.1. The van der Waals surface area contributed by atoms with E-state index in [0.717, 1.165) is 5.56 Å². The van der Waals surface area contributed by atoms with Crippen LogP contribution in [-0.2, 0) is 0 Å². The summed E-state index contributed by atoms with van der Waals surface area (Å²) in [6.07, 6.45) is -0.540. The summed E-state index contributed by atoms with van der Waals surface area (Å²) in [5.74, 6) is -0.678. The van der Waals surface area contributed by atoms with Crippen LogP contribution in [0.15, 0.2) is 48.5 Å². The molecule has 19 heavy (non-hydrogen) atoms. The van der Waals surface area contributed by atoms with Crippen molar-refractivity contribution in [3.63, 3.8) is 0 Å². The molecule has 0 radical (unpaired) electrons. The highest BCUT2D eigenvalue weighted by Gasteiger charge is 2.06. The van der Waals surface area contributed by atoms with Crippen molar-refractivity contribution in [2.75, 3.05) is 5.32 Å². The highest BCUT2D eigenvalue weighted by Crippen LogP contribution is 2.16. The smallest absolute Gasteiger partial charge is 0.255 e. The monoisotopic (exact) mass is 259 g/mol. The lowest BCUT2D eigenvalue weighted by molar-refractivity contribution is 0.102. The Hall–Kier alpha value is -2.20. The summed E-state index contributed by atoms with van der Waals surface area (Å²) in [5.41, 5.74) is 1.79. The molecule has 2 rings (SSSR count). The fourth-order valence-corrected chi connectivity index (χ4v) is 1.65. The molecule has 0 aliphatic carbocycles. The Morgan fingerprint density at radius 1 is 1.11 bits per heavy atom. The van der Waals surface area contributed by atoms with Gasteiger partial charge in [-0.1, -0.05) is 12.1 Å².